The van der Waals surface area contributed by atoms with Gasteiger partial charge in [-0.05, 0) is 18.2 Å². The Balaban J connectivity index is 1.89. The summed E-state index contributed by atoms with van der Waals surface area (Å²) in [5.74, 6) is -0.369. The summed E-state index contributed by atoms with van der Waals surface area (Å²) in [4.78, 5) is 33.8. The molecule has 0 unspecified atom stereocenters. The van der Waals surface area contributed by atoms with Crippen LogP contribution in [0.15, 0.2) is 52.0 Å². The zero-order valence-electron chi connectivity index (χ0n) is 14.0. The van der Waals surface area contributed by atoms with Crippen molar-refractivity contribution in [3.8, 4) is 11.5 Å². The highest BCUT2D eigenvalue weighted by Crippen LogP contribution is 2.30. The fourth-order valence-electron chi connectivity index (χ4n) is 1.95. The van der Waals surface area contributed by atoms with Gasteiger partial charge in [-0.2, -0.15) is 5.10 Å². The number of halogens is 1. The summed E-state index contributed by atoms with van der Waals surface area (Å²) < 4.78 is 11.3. The lowest BCUT2D eigenvalue weighted by molar-refractivity contribution is -0.384. The van der Waals surface area contributed by atoms with Gasteiger partial charge in [-0.25, -0.2) is 5.43 Å². The number of hydrogen-bond donors (Lipinski definition) is 1. The molecule has 0 fully saturated rings. The summed E-state index contributed by atoms with van der Waals surface area (Å²) >= 11 is 3.29. The Labute approximate surface area is 162 Å². The fraction of sp³-hybridized carbons (Fsp3) is 0.118. The van der Waals surface area contributed by atoms with Gasteiger partial charge in [-0.15, -0.1) is 0 Å². The zero-order valence-corrected chi connectivity index (χ0v) is 15.6. The number of carbonyl (C=O) groups excluding carboxylic acids is 2. The number of nitro benzene ring substituents is 1. The van der Waals surface area contributed by atoms with Gasteiger partial charge in [-0.3, -0.25) is 19.7 Å². The van der Waals surface area contributed by atoms with Crippen LogP contribution in [0, 0.1) is 10.1 Å². The number of non-ortho nitro benzene ring substituents is 1. The number of Topliss-reactive ketones (excluding diaryl/α,β-unsaturated/α-hetero) is 1. The van der Waals surface area contributed by atoms with Crippen LogP contribution in [-0.4, -0.2) is 36.5 Å². The van der Waals surface area contributed by atoms with Crippen molar-refractivity contribution in [3.63, 3.8) is 0 Å². The lowest BCUT2D eigenvalue weighted by Crippen LogP contribution is -2.25. The molecule has 2 rings (SSSR count). The molecule has 9 nitrogen and oxygen atoms in total. The highest BCUT2D eigenvalue weighted by atomic mass is 79.9. The van der Waals surface area contributed by atoms with Crippen molar-refractivity contribution in [2.45, 2.75) is 0 Å². The molecule has 27 heavy (non-hydrogen) atoms. The smallest absolute Gasteiger partial charge is 0.277 e. The van der Waals surface area contributed by atoms with Crippen molar-refractivity contribution >= 4 is 39.5 Å². The fourth-order valence-corrected chi connectivity index (χ4v) is 2.29. The van der Waals surface area contributed by atoms with Crippen molar-refractivity contribution < 1.29 is 24.0 Å². The van der Waals surface area contributed by atoms with Gasteiger partial charge in [0.2, 0.25) is 5.78 Å². The number of amides is 1. The van der Waals surface area contributed by atoms with E-state index in [0.29, 0.717) is 11.5 Å². The Morgan fingerprint density at radius 2 is 2.04 bits per heavy atom. The van der Waals surface area contributed by atoms with E-state index in [0.717, 1.165) is 16.8 Å². The van der Waals surface area contributed by atoms with Crippen molar-refractivity contribution in [3.05, 3.63) is 62.6 Å². The topological polar surface area (TPSA) is 120 Å². The number of nitrogens with one attached hydrogen (secondary N) is 1. The molecular weight excluding hydrogens is 422 g/mol. The molecule has 0 atom stereocenters. The maximum absolute atomic E-state index is 11.9. The number of benzene rings is 2. The molecule has 0 aliphatic carbocycles. The van der Waals surface area contributed by atoms with Gasteiger partial charge in [-0.1, -0.05) is 28.1 Å². The number of hydrogen-bond acceptors (Lipinski definition) is 7. The molecule has 0 saturated heterocycles. The normalized spacial score (nSPS) is 10.4. The second-order valence-electron chi connectivity index (χ2n) is 5.05. The predicted molar refractivity (Wildman–Crippen MR) is 100 cm³/mol. The first-order valence-corrected chi connectivity index (χ1v) is 8.27. The predicted octanol–water partition coefficient (Wildman–Crippen LogP) is 2.73. The molecule has 0 bridgehead atoms. The number of rotatable bonds is 8. The minimum Gasteiger partial charge on any atom is -0.493 e. The van der Waals surface area contributed by atoms with Gasteiger partial charge in [0.25, 0.3) is 11.6 Å². The van der Waals surface area contributed by atoms with Crippen molar-refractivity contribution in [1.29, 1.82) is 0 Å². The standard InChI is InChI=1S/C17H14BrN3O6/c1-26-16-8-12(18)5-6-15(16)27-10-17(23)20-19-9-14(22)11-3-2-4-13(7-11)21(24)25/h2-9H,10H2,1H3,(H,20,23)/b19-9+. The first kappa shape index (κ1) is 20.0. The average molecular weight is 436 g/mol. The number of carbonyl (C=O) groups is 2. The van der Waals surface area contributed by atoms with Gasteiger partial charge in [0.05, 0.1) is 18.2 Å². The minimum absolute atomic E-state index is 0.0815. The third kappa shape index (κ3) is 5.89. The number of nitro groups is 1. The minimum atomic E-state index is -0.608. The highest BCUT2D eigenvalue weighted by Gasteiger charge is 2.11. The molecule has 2 aromatic rings. The van der Waals surface area contributed by atoms with Crippen LogP contribution in [0.4, 0.5) is 5.69 Å². The van der Waals surface area contributed by atoms with Gasteiger partial charge in [0.1, 0.15) is 0 Å². The van der Waals surface area contributed by atoms with E-state index in [9.17, 15) is 19.7 Å². The quantitative estimate of drug-likeness (QED) is 0.294. The Morgan fingerprint density at radius 1 is 1.26 bits per heavy atom. The van der Waals surface area contributed by atoms with Crippen molar-refractivity contribution in [1.82, 2.24) is 5.43 Å². The molecule has 10 heteroatoms. The second-order valence-corrected chi connectivity index (χ2v) is 5.96. The molecule has 1 amide bonds. The van der Waals surface area contributed by atoms with Gasteiger partial charge >= 0.3 is 0 Å². The Kier molecular flexibility index (Phi) is 7.00. The third-order valence-electron chi connectivity index (χ3n) is 3.20. The van der Waals surface area contributed by atoms with E-state index >= 15 is 0 Å². The molecule has 140 valence electrons. The zero-order chi connectivity index (χ0) is 19.8. The first-order chi connectivity index (χ1) is 12.9. The van der Waals surface area contributed by atoms with E-state index in [1.54, 1.807) is 18.2 Å². The molecule has 0 saturated carbocycles. The van der Waals surface area contributed by atoms with Crippen molar-refractivity contribution in [2.24, 2.45) is 5.10 Å². The van der Waals surface area contributed by atoms with E-state index in [4.69, 9.17) is 9.47 Å². The highest BCUT2D eigenvalue weighted by molar-refractivity contribution is 9.10. The van der Waals surface area contributed by atoms with Crippen LogP contribution < -0.4 is 14.9 Å². The van der Waals surface area contributed by atoms with Crippen LogP contribution in [-0.2, 0) is 4.79 Å². The molecule has 0 aliphatic rings. The van der Waals surface area contributed by atoms with Crippen molar-refractivity contribution in [2.75, 3.05) is 13.7 Å². The van der Waals surface area contributed by atoms with Crippen LogP contribution in [0.3, 0.4) is 0 Å². The van der Waals surface area contributed by atoms with Gasteiger partial charge in [0, 0.05) is 22.2 Å². The molecule has 0 spiro atoms. The summed E-state index contributed by atoms with van der Waals surface area (Å²) in [5.41, 5.74) is 2.01. The van der Waals surface area contributed by atoms with Gasteiger partial charge < -0.3 is 9.47 Å². The van der Waals surface area contributed by atoms with Crippen LogP contribution >= 0.6 is 15.9 Å². The van der Waals surface area contributed by atoms with E-state index in [2.05, 4.69) is 26.5 Å². The van der Waals surface area contributed by atoms with Gasteiger partial charge in [0.15, 0.2) is 18.1 Å². The summed E-state index contributed by atoms with van der Waals surface area (Å²) in [6, 6.07) is 10.2. The third-order valence-corrected chi connectivity index (χ3v) is 3.69. The van der Waals surface area contributed by atoms with Crippen LogP contribution in [0.5, 0.6) is 11.5 Å². The number of methoxy groups -OCH3 is 1. The largest absolute Gasteiger partial charge is 0.493 e. The summed E-state index contributed by atoms with van der Waals surface area (Å²) in [6.07, 6.45) is 0.858. The lowest BCUT2D eigenvalue weighted by Gasteiger charge is -2.09. The lowest BCUT2D eigenvalue weighted by atomic mass is 10.1. The van der Waals surface area contributed by atoms with Crippen LogP contribution in [0.25, 0.3) is 0 Å². The van der Waals surface area contributed by atoms with Crippen LogP contribution in [0.2, 0.25) is 0 Å². The van der Waals surface area contributed by atoms with E-state index in [1.807, 2.05) is 0 Å². The summed E-state index contributed by atoms with van der Waals surface area (Å²) in [5, 5.41) is 14.2. The summed E-state index contributed by atoms with van der Waals surface area (Å²) in [7, 11) is 1.47. The Hall–Kier alpha value is -3.27. The first-order valence-electron chi connectivity index (χ1n) is 7.47. The van der Waals surface area contributed by atoms with E-state index < -0.39 is 16.6 Å². The van der Waals surface area contributed by atoms with Crippen LogP contribution in [0.1, 0.15) is 10.4 Å². The molecule has 0 aliphatic heterocycles. The number of ketones is 1. The molecule has 2 aromatic carbocycles. The molecule has 0 aromatic heterocycles. The number of hydrazone groups is 1. The molecule has 1 N–H and O–H groups in total. The number of nitrogens with zero attached hydrogens (tertiary/aromatic N) is 2. The molecular formula is C17H14BrN3O6. The van der Waals surface area contributed by atoms with E-state index in [-0.39, 0.29) is 17.9 Å². The Morgan fingerprint density at radius 3 is 2.74 bits per heavy atom. The maximum atomic E-state index is 11.9. The molecule has 0 heterocycles. The Bertz CT molecular complexity index is 900. The number of ether oxygens (including phenoxy) is 2. The SMILES string of the molecule is COc1cc(Br)ccc1OCC(=O)N/N=C/C(=O)c1cccc([N+](=O)[O-])c1. The monoisotopic (exact) mass is 435 g/mol. The average Bonchev–Trinajstić information content (AvgIpc) is 2.66. The second kappa shape index (κ2) is 9.43. The van der Waals surface area contributed by atoms with E-state index in [1.165, 1.54) is 25.3 Å². The summed E-state index contributed by atoms with van der Waals surface area (Å²) in [6.45, 7) is -0.347. The maximum Gasteiger partial charge on any atom is 0.277 e. The molecule has 0 radical (unpaired) electrons.